The zero-order valence-electron chi connectivity index (χ0n) is 13.8. The fraction of sp³-hybridized carbons (Fsp3) is 0.0556. The molecule has 6 nitrogen and oxygen atoms in total. The molecule has 0 spiro atoms. The molecule has 4 amide bonds. The molecule has 1 aliphatic rings. The van der Waals surface area contributed by atoms with Crippen molar-refractivity contribution in [3.05, 3.63) is 62.1 Å². The van der Waals surface area contributed by atoms with Crippen molar-refractivity contribution in [2.24, 2.45) is 0 Å². The van der Waals surface area contributed by atoms with E-state index in [1.54, 1.807) is 18.2 Å². The highest BCUT2D eigenvalue weighted by Crippen LogP contribution is 2.30. The Morgan fingerprint density at radius 2 is 1.81 bits per heavy atom. The monoisotopic (exact) mass is 468 g/mol. The van der Waals surface area contributed by atoms with Crippen LogP contribution in [0.3, 0.4) is 0 Å². The van der Waals surface area contributed by atoms with Gasteiger partial charge in [-0.25, -0.2) is 9.69 Å². The Morgan fingerprint density at radius 1 is 1.07 bits per heavy atom. The molecule has 1 N–H and O–H groups in total. The summed E-state index contributed by atoms with van der Waals surface area (Å²) in [6.07, 6.45) is 1.36. The Balaban J connectivity index is 2.07. The molecule has 1 fully saturated rings. The van der Waals surface area contributed by atoms with Gasteiger partial charge in [0.05, 0.1) is 22.8 Å². The van der Waals surface area contributed by atoms with Gasteiger partial charge in [0.2, 0.25) is 0 Å². The second-order valence-electron chi connectivity index (χ2n) is 5.44. The number of nitrogens with one attached hydrogen (secondary N) is 1. The van der Waals surface area contributed by atoms with Gasteiger partial charge in [-0.3, -0.25) is 14.9 Å². The molecule has 27 heavy (non-hydrogen) atoms. The molecule has 0 unspecified atom stereocenters. The van der Waals surface area contributed by atoms with E-state index in [0.29, 0.717) is 11.3 Å². The number of nitrogens with zero attached hydrogens (tertiary/aromatic N) is 1. The van der Waals surface area contributed by atoms with E-state index >= 15 is 0 Å². The summed E-state index contributed by atoms with van der Waals surface area (Å²) in [5.41, 5.74) is 0.456. The molecule has 0 saturated carbocycles. The van der Waals surface area contributed by atoms with E-state index in [4.69, 9.17) is 27.9 Å². The Bertz CT molecular complexity index is 1010. The van der Waals surface area contributed by atoms with Crippen LogP contribution >= 0.6 is 39.1 Å². The second-order valence-corrected chi connectivity index (χ2v) is 7.17. The van der Waals surface area contributed by atoms with Crippen LogP contribution in [0.5, 0.6) is 5.75 Å². The minimum atomic E-state index is -0.873. The molecule has 3 rings (SSSR count). The van der Waals surface area contributed by atoms with Gasteiger partial charge in [0.1, 0.15) is 11.3 Å². The third-order valence-electron chi connectivity index (χ3n) is 3.75. The van der Waals surface area contributed by atoms with Gasteiger partial charge < -0.3 is 4.74 Å². The van der Waals surface area contributed by atoms with Crippen molar-refractivity contribution in [1.82, 2.24) is 5.32 Å². The lowest BCUT2D eigenvalue weighted by atomic mass is 10.1. The number of barbiturate groups is 1. The molecular formula is C18H11BrCl2N2O4. The van der Waals surface area contributed by atoms with Crippen LogP contribution in [0.1, 0.15) is 5.56 Å². The molecule has 1 aliphatic heterocycles. The number of benzene rings is 2. The SMILES string of the molecule is COc1ccc(Br)cc1/C=C1\C(=O)NC(=O)N(c2ccc(Cl)c(Cl)c2)C1=O. The van der Waals surface area contributed by atoms with Gasteiger partial charge in [-0.15, -0.1) is 0 Å². The summed E-state index contributed by atoms with van der Waals surface area (Å²) in [5.74, 6) is -1.13. The van der Waals surface area contributed by atoms with Crippen molar-refractivity contribution in [2.75, 3.05) is 12.0 Å². The first-order chi connectivity index (χ1) is 12.8. The predicted molar refractivity (Wildman–Crippen MR) is 106 cm³/mol. The second kappa shape index (κ2) is 7.72. The number of hydrogen-bond acceptors (Lipinski definition) is 4. The number of imide groups is 2. The fourth-order valence-corrected chi connectivity index (χ4v) is 3.16. The van der Waals surface area contributed by atoms with Crippen molar-refractivity contribution in [3.8, 4) is 5.75 Å². The molecule has 0 aliphatic carbocycles. The quantitative estimate of drug-likeness (QED) is 0.532. The van der Waals surface area contributed by atoms with Crippen LogP contribution in [0.25, 0.3) is 6.08 Å². The largest absolute Gasteiger partial charge is 0.496 e. The summed E-state index contributed by atoms with van der Waals surface area (Å²) in [6, 6.07) is 8.54. The maximum absolute atomic E-state index is 12.9. The first-order valence-corrected chi connectivity index (χ1v) is 9.06. The topological polar surface area (TPSA) is 75.7 Å². The molecule has 2 aromatic rings. The highest BCUT2D eigenvalue weighted by Gasteiger charge is 2.37. The van der Waals surface area contributed by atoms with Crippen LogP contribution in [0, 0.1) is 0 Å². The van der Waals surface area contributed by atoms with E-state index in [1.807, 2.05) is 0 Å². The molecular weight excluding hydrogens is 459 g/mol. The van der Waals surface area contributed by atoms with Gasteiger partial charge in [0.25, 0.3) is 11.8 Å². The number of rotatable bonds is 3. The molecule has 0 radical (unpaired) electrons. The standard InChI is InChI=1S/C18H11BrCl2N2O4/c1-27-15-5-2-10(19)6-9(15)7-12-16(24)22-18(26)23(17(12)25)11-3-4-13(20)14(21)8-11/h2-8H,1H3,(H,22,24,26)/b12-7+. The van der Waals surface area contributed by atoms with Crippen LogP contribution in [0.2, 0.25) is 10.0 Å². The number of amides is 4. The maximum Gasteiger partial charge on any atom is 0.335 e. The lowest BCUT2D eigenvalue weighted by Gasteiger charge is -2.26. The number of methoxy groups -OCH3 is 1. The number of hydrogen-bond donors (Lipinski definition) is 1. The lowest BCUT2D eigenvalue weighted by Crippen LogP contribution is -2.54. The van der Waals surface area contributed by atoms with Gasteiger partial charge in [0, 0.05) is 10.0 Å². The number of carbonyl (C=O) groups is 3. The van der Waals surface area contributed by atoms with Crippen LogP contribution in [-0.4, -0.2) is 25.0 Å². The third kappa shape index (κ3) is 3.85. The van der Waals surface area contributed by atoms with E-state index in [-0.39, 0.29) is 21.3 Å². The van der Waals surface area contributed by atoms with Gasteiger partial charge in [0.15, 0.2) is 0 Å². The average molecular weight is 470 g/mol. The molecule has 0 atom stereocenters. The molecule has 138 valence electrons. The lowest BCUT2D eigenvalue weighted by molar-refractivity contribution is -0.122. The summed E-state index contributed by atoms with van der Waals surface area (Å²) < 4.78 is 5.99. The molecule has 0 bridgehead atoms. The summed E-state index contributed by atoms with van der Waals surface area (Å²) in [5, 5.41) is 2.59. The van der Waals surface area contributed by atoms with E-state index in [9.17, 15) is 14.4 Å². The minimum absolute atomic E-state index is 0.172. The Kier molecular flexibility index (Phi) is 5.55. The number of anilines is 1. The van der Waals surface area contributed by atoms with Crippen LogP contribution in [0.4, 0.5) is 10.5 Å². The molecule has 1 heterocycles. The van der Waals surface area contributed by atoms with Crippen molar-refractivity contribution in [1.29, 1.82) is 0 Å². The highest BCUT2D eigenvalue weighted by atomic mass is 79.9. The van der Waals surface area contributed by atoms with Crippen molar-refractivity contribution in [2.45, 2.75) is 0 Å². The number of ether oxygens (including phenoxy) is 1. The number of halogens is 3. The van der Waals surface area contributed by atoms with Crippen molar-refractivity contribution < 1.29 is 19.1 Å². The Hall–Kier alpha value is -2.35. The molecule has 2 aromatic carbocycles. The van der Waals surface area contributed by atoms with Gasteiger partial charge in [-0.1, -0.05) is 39.1 Å². The Morgan fingerprint density at radius 3 is 2.48 bits per heavy atom. The van der Waals surface area contributed by atoms with E-state index < -0.39 is 17.8 Å². The summed E-state index contributed by atoms with van der Waals surface area (Å²) in [7, 11) is 1.47. The first kappa shape index (κ1) is 19.4. The molecule has 0 aromatic heterocycles. The number of carbonyl (C=O) groups excluding carboxylic acids is 3. The zero-order chi connectivity index (χ0) is 19.7. The smallest absolute Gasteiger partial charge is 0.335 e. The van der Waals surface area contributed by atoms with Crippen molar-refractivity contribution >= 4 is 68.7 Å². The normalized spacial score (nSPS) is 15.9. The minimum Gasteiger partial charge on any atom is -0.496 e. The van der Waals surface area contributed by atoms with E-state index in [1.165, 1.54) is 31.4 Å². The van der Waals surface area contributed by atoms with Gasteiger partial charge >= 0.3 is 6.03 Å². The first-order valence-electron chi connectivity index (χ1n) is 7.52. The fourth-order valence-electron chi connectivity index (χ4n) is 2.49. The van der Waals surface area contributed by atoms with E-state index in [2.05, 4.69) is 21.2 Å². The maximum atomic E-state index is 12.9. The highest BCUT2D eigenvalue weighted by molar-refractivity contribution is 9.10. The zero-order valence-corrected chi connectivity index (χ0v) is 16.9. The summed E-state index contributed by atoms with van der Waals surface area (Å²) >= 11 is 15.2. The van der Waals surface area contributed by atoms with Gasteiger partial charge in [-0.05, 0) is 42.5 Å². The summed E-state index contributed by atoms with van der Waals surface area (Å²) in [4.78, 5) is 38.2. The van der Waals surface area contributed by atoms with E-state index in [0.717, 1.165) is 9.37 Å². The van der Waals surface area contributed by atoms with Gasteiger partial charge in [-0.2, -0.15) is 0 Å². The summed E-state index contributed by atoms with van der Waals surface area (Å²) in [6.45, 7) is 0. The number of urea groups is 1. The van der Waals surface area contributed by atoms with Crippen molar-refractivity contribution in [3.63, 3.8) is 0 Å². The Labute approximate surface area is 172 Å². The predicted octanol–water partition coefficient (Wildman–Crippen LogP) is 4.43. The van der Waals surface area contributed by atoms with Crippen LogP contribution in [-0.2, 0) is 9.59 Å². The molecule has 9 heteroatoms. The van der Waals surface area contributed by atoms with Crippen LogP contribution < -0.4 is 15.0 Å². The molecule has 1 saturated heterocycles. The average Bonchev–Trinajstić information content (AvgIpc) is 2.61. The third-order valence-corrected chi connectivity index (χ3v) is 4.99. The van der Waals surface area contributed by atoms with Crippen LogP contribution in [0.15, 0.2) is 46.4 Å².